The van der Waals surface area contributed by atoms with Crippen molar-refractivity contribution < 1.29 is 8.78 Å². The van der Waals surface area contributed by atoms with E-state index >= 15 is 0 Å². The fourth-order valence-electron chi connectivity index (χ4n) is 1.33. The second-order valence-electron chi connectivity index (χ2n) is 3.79. The lowest BCUT2D eigenvalue weighted by Gasteiger charge is -1.99. The Bertz CT molecular complexity index is 546. The molecule has 2 rings (SSSR count). The molecule has 0 atom stereocenters. The van der Waals surface area contributed by atoms with Crippen molar-refractivity contribution in [3.8, 4) is 0 Å². The summed E-state index contributed by atoms with van der Waals surface area (Å²) in [6, 6.07) is 3.88. The van der Waals surface area contributed by atoms with Crippen LogP contribution in [0.2, 0.25) is 0 Å². The molecule has 0 aliphatic carbocycles. The first-order valence-electron chi connectivity index (χ1n) is 5.83. The molecule has 7 heteroatoms. The molecule has 0 bridgehead atoms. The van der Waals surface area contributed by atoms with Gasteiger partial charge in [0, 0.05) is 11.4 Å². The summed E-state index contributed by atoms with van der Waals surface area (Å²) in [4.78, 5) is 0.678. The van der Waals surface area contributed by atoms with E-state index in [1.807, 2.05) is 0 Å². The van der Waals surface area contributed by atoms with Gasteiger partial charge in [-0.2, -0.15) is 0 Å². The van der Waals surface area contributed by atoms with E-state index in [1.54, 1.807) is 6.07 Å². The molecule has 1 N–H and O–H groups in total. The van der Waals surface area contributed by atoms with Crippen molar-refractivity contribution in [2.75, 3.05) is 11.9 Å². The first-order chi connectivity index (χ1) is 9.19. The van der Waals surface area contributed by atoms with Gasteiger partial charge in [0.25, 0.3) is 0 Å². The summed E-state index contributed by atoms with van der Waals surface area (Å²) in [6.45, 7) is 2.94. The van der Waals surface area contributed by atoms with Crippen molar-refractivity contribution in [3.63, 3.8) is 0 Å². The molecule has 0 amide bonds. The molecule has 0 fully saturated rings. The first kappa shape index (κ1) is 14.2. The van der Waals surface area contributed by atoms with Crippen LogP contribution in [0.1, 0.15) is 18.4 Å². The van der Waals surface area contributed by atoms with Gasteiger partial charge in [0.15, 0.2) is 11.6 Å². The van der Waals surface area contributed by atoms with Crippen molar-refractivity contribution in [2.24, 2.45) is 0 Å². The average Bonchev–Trinajstić information content (AvgIpc) is 2.86. The quantitative estimate of drug-likeness (QED) is 0.820. The Kier molecular flexibility index (Phi) is 5.09. The van der Waals surface area contributed by atoms with Crippen molar-refractivity contribution in [1.29, 1.82) is 0 Å². The summed E-state index contributed by atoms with van der Waals surface area (Å²) in [5.41, 5.74) is 0. The Morgan fingerprint density at radius 3 is 2.84 bits per heavy atom. The van der Waals surface area contributed by atoms with Crippen LogP contribution in [0.5, 0.6) is 0 Å². The molecular formula is C12H13F2N3S2. The predicted molar refractivity (Wildman–Crippen MR) is 74.6 cm³/mol. The average molecular weight is 301 g/mol. The minimum Gasteiger partial charge on any atom is -0.360 e. The molecule has 0 saturated heterocycles. The predicted octanol–water partition coefficient (Wildman–Crippen LogP) is 3.93. The Morgan fingerprint density at radius 1 is 1.26 bits per heavy atom. The molecular weight excluding hydrogens is 288 g/mol. The number of halogens is 2. The maximum absolute atomic E-state index is 13.0. The highest BCUT2D eigenvalue weighted by Gasteiger charge is 2.06. The lowest BCUT2D eigenvalue weighted by atomic mass is 10.3. The largest absolute Gasteiger partial charge is 0.360 e. The third kappa shape index (κ3) is 4.14. The third-order valence-corrected chi connectivity index (χ3v) is 4.32. The van der Waals surface area contributed by atoms with Crippen LogP contribution in [-0.4, -0.2) is 16.7 Å². The molecule has 1 aromatic carbocycles. The fourth-order valence-corrected chi connectivity index (χ4v) is 3.00. The van der Waals surface area contributed by atoms with Crippen molar-refractivity contribution in [1.82, 2.24) is 10.2 Å². The van der Waals surface area contributed by atoms with Crippen LogP contribution in [0, 0.1) is 11.6 Å². The van der Waals surface area contributed by atoms with Gasteiger partial charge in [-0.25, -0.2) is 8.78 Å². The third-order valence-electron chi connectivity index (χ3n) is 2.25. The van der Waals surface area contributed by atoms with E-state index in [1.165, 1.54) is 29.2 Å². The van der Waals surface area contributed by atoms with Crippen LogP contribution in [0.4, 0.5) is 13.9 Å². The smallest absolute Gasteiger partial charge is 0.205 e. The molecule has 3 nitrogen and oxygen atoms in total. The number of nitrogens with zero attached hydrogens (tertiary/aromatic N) is 2. The molecule has 0 aliphatic rings. The number of benzene rings is 1. The molecule has 0 radical (unpaired) electrons. The van der Waals surface area contributed by atoms with Gasteiger partial charge in [-0.1, -0.05) is 18.3 Å². The lowest BCUT2D eigenvalue weighted by molar-refractivity contribution is 0.506. The minimum absolute atomic E-state index is 0.594. The normalized spacial score (nSPS) is 10.7. The number of hydrogen-bond donors (Lipinski definition) is 1. The summed E-state index contributed by atoms with van der Waals surface area (Å²) in [5.74, 6) is -1.06. The van der Waals surface area contributed by atoms with E-state index in [2.05, 4.69) is 22.4 Å². The summed E-state index contributed by atoms with van der Waals surface area (Å²) in [5, 5.41) is 12.9. The van der Waals surface area contributed by atoms with Gasteiger partial charge in [-0.15, -0.1) is 22.0 Å². The highest BCUT2D eigenvalue weighted by atomic mass is 32.2. The highest BCUT2D eigenvalue weighted by Crippen LogP contribution is 2.26. The van der Waals surface area contributed by atoms with Gasteiger partial charge in [0.1, 0.15) is 5.01 Å². The molecule has 1 heterocycles. The van der Waals surface area contributed by atoms with E-state index in [4.69, 9.17) is 0 Å². The second-order valence-corrected chi connectivity index (χ2v) is 5.90. The van der Waals surface area contributed by atoms with E-state index in [0.29, 0.717) is 10.6 Å². The van der Waals surface area contributed by atoms with Crippen LogP contribution in [0.25, 0.3) is 0 Å². The Labute approximate surface area is 118 Å². The van der Waals surface area contributed by atoms with Gasteiger partial charge in [-0.3, -0.25) is 0 Å². The van der Waals surface area contributed by atoms with Gasteiger partial charge in [-0.05, 0) is 24.6 Å². The minimum atomic E-state index is -0.827. The zero-order chi connectivity index (χ0) is 13.7. The van der Waals surface area contributed by atoms with E-state index in [0.717, 1.165) is 29.2 Å². The van der Waals surface area contributed by atoms with Crippen LogP contribution in [-0.2, 0) is 5.75 Å². The van der Waals surface area contributed by atoms with E-state index in [9.17, 15) is 8.78 Å². The molecule has 0 saturated carbocycles. The number of nitrogens with one attached hydrogen (secondary N) is 1. The second kappa shape index (κ2) is 6.81. The summed E-state index contributed by atoms with van der Waals surface area (Å²) < 4.78 is 25.8. The topological polar surface area (TPSA) is 37.8 Å². The van der Waals surface area contributed by atoms with Gasteiger partial charge >= 0.3 is 0 Å². The maximum atomic E-state index is 13.0. The van der Waals surface area contributed by atoms with Crippen LogP contribution < -0.4 is 5.32 Å². The number of aromatic nitrogens is 2. The summed E-state index contributed by atoms with van der Waals surface area (Å²) in [6.07, 6.45) is 1.03. The zero-order valence-corrected chi connectivity index (χ0v) is 12.0. The van der Waals surface area contributed by atoms with Gasteiger partial charge < -0.3 is 5.32 Å². The summed E-state index contributed by atoms with van der Waals surface area (Å²) >= 11 is 2.88. The number of rotatable bonds is 6. The van der Waals surface area contributed by atoms with E-state index in [-0.39, 0.29) is 0 Å². The molecule has 1 aromatic heterocycles. The SMILES string of the molecule is CCCNc1nnc(CSc2ccc(F)c(F)c2)s1. The molecule has 2 aromatic rings. The van der Waals surface area contributed by atoms with Crippen LogP contribution >= 0.6 is 23.1 Å². The van der Waals surface area contributed by atoms with Crippen LogP contribution in [0.15, 0.2) is 23.1 Å². The number of hydrogen-bond acceptors (Lipinski definition) is 5. The zero-order valence-electron chi connectivity index (χ0n) is 10.3. The van der Waals surface area contributed by atoms with Gasteiger partial charge in [0.2, 0.25) is 5.13 Å². The molecule has 0 spiro atoms. The Hall–Kier alpha value is -1.21. The number of anilines is 1. The molecule has 0 aliphatic heterocycles. The van der Waals surface area contributed by atoms with Gasteiger partial charge in [0.05, 0.1) is 5.75 Å². The highest BCUT2D eigenvalue weighted by molar-refractivity contribution is 7.98. The van der Waals surface area contributed by atoms with E-state index < -0.39 is 11.6 Å². The monoisotopic (exact) mass is 301 g/mol. The molecule has 102 valence electrons. The van der Waals surface area contributed by atoms with Crippen LogP contribution in [0.3, 0.4) is 0 Å². The first-order valence-corrected chi connectivity index (χ1v) is 7.63. The summed E-state index contributed by atoms with van der Waals surface area (Å²) in [7, 11) is 0. The van der Waals surface area contributed by atoms with Crippen molar-refractivity contribution in [2.45, 2.75) is 24.0 Å². The molecule has 0 unspecified atom stereocenters. The number of thioether (sulfide) groups is 1. The standard InChI is InChI=1S/C12H13F2N3S2/c1-2-5-15-12-17-16-11(19-12)7-18-8-3-4-9(13)10(14)6-8/h3-4,6H,2,5,7H2,1H3,(H,15,17). The Balaban J connectivity index is 1.91. The maximum Gasteiger partial charge on any atom is 0.205 e. The Morgan fingerprint density at radius 2 is 2.11 bits per heavy atom. The fraction of sp³-hybridized carbons (Fsp3) is 0.333. The molecule has 19 heavy (non-hydrogen) atoms. The van der Waals surface area contributed by atoms with Crippen molar-refractivity contribution in [3.05, 3.63) is 34.8 Å². The van der Waals surface area contributed by atoms with Crippen molar-refractivity contribution >= 4 is 28.2 Å². The lowest BCUT2D eigenvalue weighted by Crippen LogP contribution is -1.98.